The first-order valence-electron chi connectivity index (χ1n) is 8.12. The first-order valence-corrected chi connectivity index (χ1v) is 8.12. The second kappa shape index (κ2) is 11.1. The van der Waals surface area contributed by atoms with Crippen molar-refractivity contribution in [2.24, 2.45) is 11.7 Å². The highest BCUT2D eigenvalue weighted by atomic mass is 16.4. The van der Waals surface area contributed by atoms with Gasteiger partial charge in [0.1, 0.15) is 24.2 Å². The summed E-state index contributed by atoms with van der Waals surface area (Å²) in [7, 11) is 0. The highest BCUT2D eigenvalue weighted by Crippen LogP contribution is 2.03. The van der Waals surface area contributed by atoms with Gasteiger partial charge in [0.25, 0.3) is 0 Å². The average Bonchev–Trinajstić information content (AvgIpc) is 2.56. The van der Waals surface area contributed by atoms with Gasteiger partial charge in [0.2, 0.25) is 17.7 Å². The molecule has 0 aromatic rings. The van der Waals surface area contributed by atoms with E-state index >= 15 is 0 Å². The van der Waals surface area contributed by atoms with E-state index in [1.807, 2.05) is 0 Å². The lowest BCUT2D eigenvalue weighted by Crippen LogP contribution is -2.57. The molecule has 0 rings (SSSR count). The summed E-state index contributed by atoms with van der Waals surface area (Å²) in [6.45, 7) is 3.74. The van der Waals surface area contributed by atoms with Crippen LogP contribution in [0.15, 0.2) is 0 Å². The number of nitrogens with one attached hydrogen (secondary N) is 3. The fourth-order valence-corrected chi connectivity index (χ4v) is 1.92. The van der Waals surface area contributed by atoms with Gasteiger partial charge in [-0.2, -0.15) is 0 Å². The number of carboxylic acid groups (broad SMARTS) is 2. The molecule has 0 spiro atoms. The number of rotatable bonds is 11. The Balaban J connectivity index is 5.03. The summed E-state index contributed by atoms with van der Waals surface area (Å²) in [5.41, 5.74) is 5.30. The molecule has 0 aromatic heterocycles. The normalized spacial score (nSPS) is 15.2. The van der Waals surface area contributed by atoms with Crippen molar-refractivity contribution in [2.75, 3.05) is 6.61 Å². The Labute approximate surface area is 155 Å². The molecule has 0 aliphatic rings. The second-order valence-corrected chi connectivity index (χ2v) is 6.25. The van der Waals surface area contributed by atoms with Crippen molar-refractivity contribution in [1.29, 1.82) is 0 Å². The highest BCUT2D eigenvalue weighted by Gasteiger charge is 2.30. The van der Waals surface area contributed by atoms with Gasteiger partial charge in [-0.3, -0.25) is 19.2 Å². The molecule has 0 bridgehead atoms. The van der Waals surface area contributed by atoms with E-state index < -0.39 is 72.8 Å². The molecule has 154 valence electrons. The van der Waals surface area contributed by atoms with Gasteiger partial charge in [0.05, 0.1) is 13.0 Å². The molecule has 3 amide bonds. The summed E-state index contributed by atoms with van der Waals surface area (Å²) >= 11 is 0. The number of carboxylic acids is 2. The maximum atomic E-state index is 12.2. The molecule has 0 aliphatic carbocycles. The lowest BCUT2D eigenvalue weighted by molar-refractivity contribution is -0.144. The van der Waals surface area contributed by atoms with Crippen LogP contribution in [0.2, 0.25) is 0 Å². The van der Waals surface area contributed by atoms with E-state index in [0.29, 0.717) is 0 Å². The number of hydrogen-bond acceptors (Lipinski definition) is 7. The Bertz CT molecular complexity index is 580. The molecule has 27 heavy (non-hydrogen) atoms. The molecule has 0 aliphatic heterocycles. The van der Waals surface area contributed by atoms with Crippen molar-refractivity contribution < 1.29 is 39.3 Å². The summed E-state index contributed by atoms with van der Waals surface area (Å²) in [6.07, 6.45) is -0.784. The van der Waals surface area contributed by atoms with Gasteiger partial charge in [0, 0.05) is 0 Å². The number of aliphatic hydroxyl groups excluding tert-OH is 1. The molecule has 8 N–H and O–H groups in total. The summed E-state index contributed by atoms with van der Waals surface area (Å²) in [4.78, 5) is 58.0. The Kier molecular flexibility index (Phi) is 9.96. The maximum Gasteiger partial charge on any atom is 0.326 e. The first-order chi connectivity index (χ1) is 12.4. The van der Waals surface area contributed by atoms with E-state index in [2.05, 4.69) is 16.0 Å². The van der Waals surface area contributed by atoms with E-state index in [1.165, 1.54) is 6.92 Å². The van der Waals surface area contributed by atoms with Gasteiger partial charge in [-0.1, -0.05) is 13.8 Å². The zero-order valence-corrected chi connectivity index (χ0v) is 15.3. The van der Waals surface area contributed by atoms with Crippen LogP contribution >= 0.6 is 0 Å². The van der Waals surface area contributed by atoms with Gasteiger partial charge in [0.15, 0.2) is 0 Å². The molecule has 12 nitrogen and oxygen atoms in total. The van der Waals surface area contributed by atoms with Crippen molar-refractivity contribution in [2.45, 2.75) is 51.4 Å². The minimum absolute atomic E-state index is 0.409. The van der Waals surface area contributed by atoms with Gasteiger partial charge in [-0.15, -0.1) is 0 Å². The molecule has 0 aromatic carbocycles. The van der Waals surface area contributed by atoms with Crippen molar-refractivity contribution >= 4 is 29.7 Å². The summed E-state index contributed by atoms with van der Waals surface area (Å²) in [5, 5.41) is 33.3. The van der Waals surface area contributed by atoms with Crippen molar-refractivity contribution in [3.8, 4) is 0 Å². The second-order valence-electron chi connectivity index (χ2n) is 6.25. The van der Waals surface area contributed by atoms with Gasteiger partial charge < -0.3 is 37.0 Å². The Morgan fingerprint density at radius 3 is 1.85 bits per heavy atom. The zero-order valence-electron chi connectivity index (χ0n) is 15.3. The van der Waals surface area contributed by atoms with Crippen LogP contribution in [0.3, 0.4) is 0 Å². The molecule has 0 saturated carbocycles. The smallest absolute Gasteiger partial charge is 0.326 e. The van der Waals surface area contributed by atoms with E-state index in [4.69, 9.17) is 21.1 Å². The summed E-state index contributed by atoms with van der Waals surface area (Å²) in [6, 6.07) is -5.26. The minimum Gasteiger partial charge on any atom is -0.481 e. The van der Waals surface area contributed by atoms with E-state index in [0.717, 1.165) is 0 Å². The number of aliphatic hydroxyl groups is 1. The average molecular weight is 390 g/mol. The monoisotopic (exact) mass is 390 g/mol. The van der Waals surface area contributed by atoms with Gasteiger partial charge >= 0.3 is 11.9 Å². The molecule has 4 unspecified atom stereocenters. The lowest BCUT2D eigenvalue weighted by atomic mass is 10.0. The number of amides is 3. The molecule has 0 saturated heterocycles. The van der Waals surface area contributed by atoms with Crippen LogP contribution < -0.4 is 21.7 Å². The first kappa shape index (κ1) is 24.3. The highest BCUT2D eigenvalue weighted by molar-refractivity contribution is 5.95. The van der Waals surface area contributed by atoms with Crippen molar-refractivity contribution in [3.05, 3.63) is 0 Å². The fourth-order valence-electron chi connectivity index (χ4n) is 1.92. The van der Waals surface area contributed by atoms with Crippen LogP contribution in [-0.2, 0) is 24.0 Å². The van der Waals surface area contributed by atoms with E-state index in [-0.39, 0.29) is 0 Å². The van der Waals surface area contributed by atoms with Crippen LogP contribution in [0.25, 0.3) is 0 Å². The molecule has 0 heterocycles. The van der Waals surface area contributed by atoms with Gasteiger partial charge in [-0.25, -0.2) is 4.79 Å². The number of nitrogens with two attached hydrogens (primary N) is 1. The van der Waals surface area contributed by atoms with Crippen molar-refractivity contribution in [1.82, 2.24) is 16.0 Å². The minimum atomic E-state index is -1.54. The van der Waals surface area contributed by atoms with Crippen LogP contribution in [0.1, 0.15) is 27.2 Å². The topological polar surface area (TPSA) is 208 Å². The molecular weight excluding hydrogens is 364 g/mol. The Morgan fingerprint density at radius 2 is 1.44 bits per heavy atom. The van der Waals surface area contributed by atoms with Crippen molar-refractivity contribution in [3.63, 3.8) is 0 Å². The standard InChI is InChI=1S/C15H26N4O8/c1-6(2)11(15(26)27)19-12(23)7(3)17-14(25)9(4-10(21)22)18-13(24)8(16)5-20/h6-9,11,20H,4-5,16H2,1-3H3,(H,17,25)(H,18,24)(H,19,23)(H,21,22)(H,26,27). The summed E-state index contributed by atoms with van der Waals surface area (Å²) in [5.74, 6) is -5.76. The van der Waals surface area contributed by atoms with Crippen LogP contribution in [0.5, 0.6) is 0 Å². The predicted molar refractivity (Wildman–Crippen MR) is 91.3 cm³/mol. The summed E-state index contributed by atoms with van der Waals surface area (Å²) < 4.78 is 0. The fraction of sp³-hybridized carbons (Fsp3) is 0.667. The SMILES string of the molecule is CC(NC(=O)C(CC(=O)O)NC(=O)C(N)CO)C(=O)NC(C(=O)O)C(C)C. The third-order valence-electron chi connectivity index (χ3n) is 3.53. The number of hydrogen-bond donors (Lipinski definition) is 7. The lowest BCUT2D eigenvalue weighted by Gasteiger charge is -2.23. The van der Waals surface area contributed by atoms with Crippen LogP contribution in [0, 0.1) is 5.92 Å². The predicted octanol–water partition coefficient (Wildman–Crippen LogP) is -3.00. The van der Waals surface area contributed by atoms with E-state index in [1.54, 1.807) is 13.8 Å². The largest absolute Gasteiger partial charge is 0.481 e. The third-order valence-corrected chi connectivity index (χ3v) is 3.53. The zero-order chi connectivity index (χ0) is 21.3. The number of carbonyl (C=O) groups excluding carboxylic acids is 3. The van der Waals surface area contributed by atoms with E-state index in [9.17, 15) is 24.0 Å². The third kappa shape index (κ3) is 8.46. The van der Waals surface area contributed by atoms with Gasteiger partial charge in [-0.05, 0) is 12.8 Å². The molecule has 0 fully saturated rings. The number of carbonyl (C=O) groups is 5. The molecule has 4 atom stereocenters. The molecular formula is C15H26N4O8. The van der Waals surface area contributed by atoms with Crippen LogP contribution in [-0.4, -0.2) is 75.8 Å². The Hall–Kier alpha value is -2.73. The Morgan fingerprint density at radius 1 is 0.889 bits per heavy atom. The van der Waals surface area contributed by atoms with Crippen LogP contribution in [0.4, 0.5) is 0 Å². The molecule has 12 heteroatoms. The maximum absolute atomic E-state index is 12.2. The number of aliphatic carboxylic acids is 2. The quantitative estimate of drug-likeness (QED) is 0.191. The molecule has 0 radical (unpaired) electrons.